The molecule has 7 heteroatoms. The SMILES string of the molecule is C=CC(=O)Nc1cccc(Nc2nc(Nc3cccc4c3CCNC4)ncc2C)c1. The fraction of sp³-hybridized carbons (Fsp3) is 0.174. The molecule has 1 aromatic heterocycles. The van der Waals surface area contributed by atoms with Crippen LogP contribution in [-0.2, 0) is 17.8 Å². The third kappa shape index (κ3) is 4.47. The molecule has 4 N–H and O–H groups in total. The minimum Gasteiger partial charge on any atom is -0.340 e. The molecule has 0 unspecified atom stereocenters. The summed E-state index contributed by atoms with van der Waals surface area (Å²) in [6.45, 7) is 7.27. The lowest BCUT2D eigenvalue weighted by Gasteiger charge is -2.20. The van der Waals surface area contributed by atoms with Gasteiger partial charge >= 0.3 is 0 Å². The van der Waals surface area contributed by atoms with Crippen LogP contribution in [0.15, 0.2) is 61.3 Å². The van der Waals surface area contributed by atoms with Crippen molar-refractivity contribution in [1.82, 2.24) is 15.3 Å². The quantitative estimate of drug-likeness (QED) is 0.467. The topological polar surface area (TPSA) is 91.0 Å². The summed E-state index contributed by atoms with van der Waals surface area (Å²) in [5.74, 6) is 0.982. The average molecular weight is 400 g/mol. The highest BCUT2D eigenvalue weighted by Gasteiger charge is 2.14. The Bertz CT molecular complexity index is 1090. The first-order chi connectivity index (χ1) is 14.6. The van der Waals surface area contributed by atoms with E-state index in [1.54, 1.807) is 6.20 Å². The summed E-state index contributed by atoms with van der Waals surface area (Å²) in [5, 5.41) is 12.8. The number of benzene rings is 2. The Morgan fingerprint density at radius 2 is 2.00 bits per heavy atom. The van der Waals surface area contributed by atoms with Crippen LogP contribution in [0.25, 0.3) is 0 Å². The van der Waals surface area contributed by atoms with Crippen LogP contribution in [0.5, 0.6) is 0 Å². The van der Waals surface area contributed by atoms with Gasteiger partial charge in [-0.25, -0.2) is 4.98 Å². The maximum atomic E-state index is 11.5. The number of carbonyl (C=O) groups is 1. The summed E-state index contributed by atoms with van der Waals surface area (Å²) in [7, 11) is 0. The molecule has 0 atom stereocenters. The van der Waals surface area contributed by atoms with E-state index in [1.165, 1.54) is 17.2 Å². The Morgan fingerprint density at radius 3 is 2.87 bits per heavy atom. The minimum absolute atomic E-state index is 0.252. The second-order valence-corrected chi connectivity index (χ2v) is 7.12. The lowest BCUT2D eigenvalue weighted by atomic mass is 9.99. The highest BCUT2D eigenvalue weighted by Crippen LogP contribution is 2.27. The van der Waals surface area contributed by atoms with E-state index in [4.69, 9.17) is 0 Å². The summed E-state index contributed by atoms with van der Waals surface area (Å²) < 4.78 is 0. The number of nitrogens with zero attached hydrogens (tertiary/aromatic N) is 2. The smallest absolute Gasteiger partial charge is 0.247 e. The maximum absolute atomic E-state index is 11.5. The van der Waals surface area contributed by atoms with Crippen LogP contribution in [0.1, 0.15) is 16.7 Å². The van der Waals surface area contributed by atoms with Crippen LogP contribution in [0, 0.1) is 6.92 Å². The number of hydrogen-bond acceptors (Lipinski definition) is 6. The van der Waals surface area contributed by atoms with Crippen molar-refractivity contribution in [2.24, 2.45) is 0 Å². The monoisotopic (exact) mass is 400 g/mol. The van der Waals surface area contributed by atoms with Gasteiger partial charge in [-0.3, -0.25) is 4.79 Å². The lowest BCUT2D eigenvalue weighted by molar-refractivity contribution is -0.111. The number of carbonyl (C=O) groups excluding carboxylic acids is 1. The normalized spacial score (nSPS) is 12.6. The Morgan fingerprint density at radius 1 is 1.17 bits per heavy atom. The van der Waals surface area contributed by atoms with Crippen molar-refractivity contribution in [3.05, 3.63) is 78.0 Å². The van der Waals surface area contributed by atoms with Crippen molar-refractivity contribution in [3.8, 4) is 0 Å². The molecule has 1 amide bonds. The van der Waals surface area contributed by atoms with Crippen molar-refractivity contribution in [2.45, 2.75) is 19.9 Å². The first-order valence-corrected chi connectivity index (χ1v) is 9.85. The third-order valence-corrected chi connectivity index (χ3v) is 4.94. The molecule has 0 fully saturated rings. The lowest BCUT2D eigenvalue weighted by Crippen LogP contribution is -2.24. The van der Waals surface area contributed by atoms with E-state index in [0.29, 0.717) is 17.5 Å². The molecule has 0 spiro atoms. The second kappa shape index (κ2) is 8.75. The molecule has 0 aliphatic carbocycles. The highest BCUT2D eigenvalue weighted by molar-refractivity contribution is 5.99. The highest BCUT2D eigenvalue weighted by atomic mass is 16.1. The number of amides is 1. The number of rotatable bonds is 6. The van der Waals surface area contributed by atoms with E-state index in [9.17, 15) is 4.79 Å². The van der Waals surface area contributed by atoms with Crippen molar-refractivity contribution in [1.29, 1.82) is 0 Å². The van der Waals surface area contributed by atoms with Crippen LogP contribution in [-0.4, -0.2) is 22.4 Å². The van der Waals surface area contributed by atoms with Gasteiger partial charge in [0.25, 0.3) is 0 Å². The molecule has 2 aromatic carbocycles. The van der Waals surface area contributed by atoms with Crippen LogP contribution in [0.2, 0.25) is 0 Å². The van der Waals surface area contributed by atoms with Crippen molar-refractivity contribution in [2.75, 3.05) is 22.5 Å². The van der Waals surface area contributed by atoms with Crippen LogP contribution < -0.4 is 21.3 Å². The van der Waals surface area contributed by atoms with Crippen LogP contribution in [0.4, 0.5) is 28.8 Å². The van der Waals surface area contributed by atoms with Gasteiger partial charge in [0, 0.05) is 35.4 Å². The van der Waals surface area contributed by atoms with Crippen molar-refractivity contribution < 1.29 is 4.79 Å². The minimum atomic E-state index is -0.252. The Labute approximate surface area is 175 Å². The molecular formula is C23H24N6O. The Balaban J connectivity index is 1.55. The van der Waals surface area contributed by atoms with E-state index < -0.39 is 0 Å². The predicted octanol–water partition coefficient (Wildman–Crippen LogP) is 4.04. The largest absolute Gasteiger partial charge is 0.340 e. The standard InChI is InChI=1S/C23H24N6O/c1-3-21(30)26-17-7-5-8-18(12-17)27-22-15(2)13-25-23(29-22)28-20-9-4-6-16-14-24-11-10-19(16)20/h3-9,12-13,24H,1,10-11,14H2,2H3,(H,26,30)(H2,25,27,28,29). The summed E-state index contributed by atoms with van der Waals surface area (Å²) in [5.41, 5.74) is 6.06. The Hall–Kier alpha value is -3.71. The van der Waals surface area contributed by atoms with Gasteiger partial charge in [-0.05, 0) is 61.4 Å². The van der Waals surface area contributed by atoms with E-state index >= 15 is 0 Å². The molecule has 3 aromatic rings. The van der Waals surface area contributed by atoms with Gasteiger partial charge in [-0.2, -0.15) is 4.98 Å². The molecule has 152 valence electrons. The molecule has 2 heterocycles. The Kier molecular flexibility index (Phi) is 5.72. The fourth-order valence-electron chi connectivity index (χ4n) is 3.40. The molecular weight excluding hydrogens is 376 g/mol. The molecule has 1 aliphatic rings. The van der Waals surface area contributed by atoms with Gasteiger partial charge in [0.2, 0.25) is 11.9 Å². The molecule has 4 rings (SSSR count). The first-order valence-electron chi connectivity index (χ1n) is 9.85. The zero-order valence-corrected chi connectivity index (χ0v) is 16.8. The number of hydrogen-bond donors (Lipinski definition) is 4. The van der Waals surface area contributed by atoms with Crippen molar-refractivity contribution >= 4 is 34.7 Å². The van der Waals surface area contributed by atoms with Gasteiger partial charge in [0.05, 0.1) is 0 Å². The van der Waals surface area contributed by atoms with E-state index in [2.05, 4.69) is 49.9 Å². The zero-order chi connectivity index (χ0) is 20.9. The first kappa shape index (κ1) is 19.6. The summed E-state index contributed by atoms with van der Waals surface area (Å²) in [6.07, 6.45) is 4.00. The molecule has 7 nitrogen and oxygen atoms in total. The van der Waals surface area contributed by atoms with Gasteiger partial charge in [-0.1, -0.05) is 24.8 Å². The molecule has 1 aliphatic heterocycles. The van der Waals surface area contributed by atoms with Gasteiger partial charge in [0.1, 0.15) is 5.82 Å². The molecule has 0 saturated heterocycles. The zero-order valence-electron chi connectivity index (χ0n) is 16.8. The van der Waals surface area contributed by atoms with Gasteiger partial charge in [0.15, 0.2) is 0 Å². The molecule has 0 saturated carbocycles. The van der Waals surface area contributed by atoms with Gasteiger partial charge in [-0.15, -0.1) is 0 Å². The number of aromatic nitrogens is 2. The van der Waals surface area contributed by atoms with Gasteiger partial charge < -0.3 is 21.3 Å². The summed E-state index contributed by atoms with van der Waals surface area (Å²) in [4.78, 5) is 20.7. The molecule has 0 bridgehead atoms. The summed E-state index contributed by atoms with van der Waals surface area (Å²) in [6, 6.07) is 13.7. The number of aryl methyl sites for hydroxylation is 1. The molecule has 30 heavy (non-hydrogen) atoms. The number of nitrogens with one attached hydrogen (secondary N) is 4. The van der Waals surface area contributed by atoms with Crippen LogP contribution in [0.3, 0.4) is 0 Å². The van der Waals surface area contributed by atoms with Crippen molar-refractivity contribution in [3.63, 3.8) is 0 Å². The van der Waals surface area contributed by atoms with E-state index in [0.717, 1.165) is 36.4 Å². The number of fused-ring (bicyclic) bond motifs is 1. The second-order valence-electron chi connectivity index (χ2n) is 7.12. The van der Waals surface area contributed by atoms with E-state index in [1.807, 2.05) is 37.3 Å². The average Bonchev–Trinajstić information content (AvgIpc) is 2.76. The third-order valence-electron chi connectivity index (χ3n) is 4.94. The molecule has 0 radical (unpaired) electrons. The number of anilines is 5. The summed E-state index contributed by atoms with van der Waals surface area (Å²) >= 11 is 0. The fourth-order valence-corrected chi connectivity index (χ4v) is 3.40. The van der Waals surface area contributed by atoms with E-state index in [-0.39, 0.29) is 5.91 Å². The van der Waals surface area contributed by atoms with Crippen LogP contribution >= 0.6 is 0 Å². The maximum Gasteiger partial charge on any atom is 0.247 e. The predicted molar refractivity (Wildman–Crippen MR) is 120 cm³/mol.